The van der Waals surface area contributed by atoms with Crippen molar-refractivity contribution in [3.05, 3.63) is 82.4 Å². The Labute approximate surface area is 197 Å². The van der Waals surface area contributed by atoms with Crippen LogP contribution < -0.4 is 19.6 Å². The lowest BCUT2D eigenvalue weighted by Crippen LogP contribution is -2.14. The molecule has 0 unspecified atom stereocenters. The largest absolute Gasteiger partial charge is 0.497 e. The Morgan fingerprint density at radius 1 is 1.00 bits per heavy atom. The lowest BCUT2D eigenvalue weighted by atomic mass is 10.1. The highest BCUT2D eigenvalue weighted by molar-refractivity contribution is 7.92. The summed E-state index contributed by atoms with van der Waals surface area (Å²) in [6.07, 6.45) is 0.514. The molecule has 0 atom stereocenters. The molecule has 0 radical (unpaired) electrons. The van der Waals surface area contributed by atoms with E-state index in [0.717, 1.165) is 17.4 Å². The van der Waals surface area contributed by atoms with E-state index < -0.39 is 20.6 Å². The van der Waals surface area contributed by atoms with E-state index in [2.05, 4.69) is 15.2 Å². The van der Waals surface area contributed by atoms with Gasteiger partial charge in [-0.05, 0) is 48.9 Å². The van der Waals surface area contributed by atoms with Gasteiger partial charge in [-0.25, -0.2) is 8.42 Å². The summed E-state index contributed by atoms with van der Waals surface area (Å²) in [6, 6.07) is 17.5. The number of anilines is 2. The maximum absolute atomic E-state index is 12.8. The molecule has 11 heteroatoms. The van der Waals surface area contributed by atoms with Gasteiger partial charge in [-0.1, -0.05) is 24.3 Å². The van der Waals surface area contributed by atoms with Gasteiger partial charge in [-0.15, -0.1) is 0 Å². The molecule has 0 aliphatic carbocycles. The Kier molecular flexibility index (Phi) is 7.69. The molecule has 3 aromatic rings. The molecule has 0 aliphatic rings. The summed E-state index contributed by atoms with van der Waals surface area (Å²) in [5.41, 5.74) is 4.19. The van der Waals surface area contributed by atoms with Crippen molar-refractivity contribution in [2.45, 2.75) is 18.2 Å². The molecule has 0 bridgehead atoms. The molecule has 0 fully saturated rings. The van der Waals surface area contributed by atoms with E-state index >= 15 is 0 Å². The number of sulfonamides is 1. The van der Waals surface area contributed by atoms with Gasteiger partial charge in [0.25, 0.3) is 15.7 Å². The van der Waals surface area contributed by atoms with Crippen LogP contribution in [0.2, 0.25) is 0 Å². The number of methoxy groups -OCH3 is 2. The standard InChI is InChI=1S/C23H24N4O6S/c1-16(14-17-8-10-18(32-2)11-9-17)24-25-20-13-12-19(15-22(20)27(28)29)34(30,31)26-21-6-4-5-7-23(21)33-3/h4-13,15,25-26H,14H2,1-3H3. The van der Waals surface area contributed by atoms with Crippen molar-refractivity contribution in [2.24, 2.45) is 5.10 Å². The van der Waals surface area contributed by atoms with Gasteiger partial charge in [0.15, 0.2) is 0 Å². The number of para-hydroxylation sites is 2. The fourth-order valence-corrected chi connectivity index (χ4v) is 4.18. The number of nitro benzene ring substituents is 1. The van der Waals surface area contributed by atoms with Gasteiger partial charge in [0.05, 0.1) is 29.7 Å². The Balaban J connectivity index is 1.80. The van der Waals surface area contributed by atoms with E-state index in [1.54, 1.807) is 32.2 Å². The molecule has 10 nitrogen and oxygen atoms in total. The van der Waals surface area contributed by atoms with Gasteiger partial charge in [-0.2, -0.15) is 5.10 Å². The van der Waals surface area contributed by atoms with Crippen LogP contribution in [-0.4, -0.2) is 33.3 Å². The number of hydrogen-bond acceptors (Lipinski definition) is 8. The molecular weight excluding hydrogens is 460 g/mol. The minimum absolute atomic E-state index is 0.0651. The van der Waals surface area contributed by atoms with Gasteiger partial charge in [0.1, 0.15) is 17.2 Å². The average molecular weight is 485 g/mol. The van der Waals surface area contributed by atoms with Gasteiger partial charge in [0.2, 0.25) is 0 Å². The van der Waals surface area contributed by atoms with Crippen LogP contribution in [0.1, 0.15) is 12.5 Å². The number of nitro groups is 1. The summed E-state index contributed by atoms with van der Waals surface area (Å²) >= 11 is 0. The Bertz CT molecular complexity index is 1310. The van der Waals surface area contributed by atoms with Crippen LogP contribution in [0.5, 0.6) is 11.5 Å². The van der Waals surface area contributed by atoms with Crippen molar-refractivity contribution < 1.29 is 22.8 Å². The zero-order chi connectivity index (χ0) is 24.7. The van der Waals surface area contributed by atoms with Crippen LogP contribution in [0.3, 0.4) is 0 Å². The molecule has 0 aromatic heterocycles. The lowest BCUT2D eigenvalue weighted by Gasteiger charge is -2.12. The topological polar surface area (TPSA) is 132 Å². The van der Waals surface area contributed by atoms with E-state index in [-0.39, 0.29) is 16.3 Å². The molecule has 0 saturated heterocycles. The average Bonchev–Trinajstić information content (AvgIpc) is 2.83. The van der Waals surface area contributed by atoms with Crippen LogP contribution in [-0.2, 0) is 16.4 Å². The zero-order valence-electron chi connectivity index (χ0n) is 18.8. The minimum Gasteiger partial charge on any atom is -0.497 e. The molecule has 0 heterocycles. The van der Waals surface area contributed by atoms with Crippen molar-refractivity contribution in [2.75, 3.05) is 24.4 Å². The van der Waals surface area contributed by atoms with Crippen LogP contribution in [0.4, 0.5) is 17.1 Å². The number of nitrogens with zero attached hydrogens (tertiary/aromatic N) is 2. The molecular formula is C23H24N4O6S. The summed E-state index contributed by atoms with van der Waals surface area (Å²) in [6.45, 7) is 1.78. The molecule has 3 rings (SSSR count). The van der Waals surface area contributed by atoms with E-state index in [4.69, 9.17) is 9.47 Å². The molecule has 0 saturated carbocycles. The number of ether oxygens (including phenoxy) is 2. The van der Waals surface area contributed by atoms with E-state index in [1.807, 2.05) is 24.3 Å². The van der Waals surface area contributed by atoms with Gasteiger partial charge in [-0.3, -0.25) is 20.3 Å². The predicted molar refractivity (Wildman–Crippen MR) is 130 cm³/mol. The van der Waals surface area contributed by atoms with Crippen molar-refractivity contribution >= 4 is 32.8 Å². The van der Waals surface area contributed by atoms with Crippen LogP contribution in [0, 0.1) is 10.1 Å². The van der Waals surface area contributed by atoms with Gasteiger partial charge >= 0.3 is 0 Å². The third-order valence-corrected chi connectivity index (χ3v) is 6.18. The van der Waals surface area contributed by atoms with E-state index in [9.17, 15) is 18.5 Å². The molecule has 0 amide bonds. The molecule has 3 aromatic carbocycles. The highest BCUT2D eigenvalue weighted by Crippen LogP contribution is 2.30. The smallest absolute Gasteiger partial charge is 0.295 e. The van der Waals surface area contributed by atoms with Crippen LogP contribution >= 0.6 is 0 Å². The second-order valence-electron chi connectivity index (χ2n) is 7.23. The minimum atomic E-state index is -4.10. The van der Waals surface area contributed by atoms with Crippen LogP contribution in [0.15, 0.2) is 76.7 Å². The van der Waals surface area contributed by atoms with Crippen LogP contribution in [0.25, 0.3) is 0 Å². The first-order valence-electron chi connectivity index (χ1n) is 10.1. The molecule has 2 N–H and O–H groups in total. The summed E-state index contributed by atoms with van der Waals surface area (Å²) < 4.78 is 38.3. The SMILES string of the molecule is COc1ccc(CC(C)=NNc2ccc(S(=O)(=O)Nc3ccccc3OC)cc2[N+](=O)[O-])cc1. The van der Waals surface area contributed by atoms with Gasteiger partial charge in [0, 0.05) is 18.2 Å². The van der Waals surface area contributed by atoms with Crippen molar-refractivity contribution in [1.82, 2.24) is 0 Å². The maximum Gasteiger partial charge on any atom is 0.295 e. The maximum atomic E-state index is 12.8. The second-order valence-corrected chi connectivity index (χ2v) is 8.91. The second kappa shape index (κ2) is 10.7. The summed E-state index contributed by atoms with van der Waals surface area (Å²) in [5, 5.41) is 15.8. The number of benzene rings is 3. The first kappa shape index (κ1) is 24.5. The first-order chi connectivity index (χ1) is 16.2. The summed E-state index contributed by atoms with van der Waals surface area (Å²) in [5.74, 6) is 1.06. The monoisotopic (exact) mass is 484 g/mol. The lowest BCUT2D eigenvalue weighted by molar-refractivity contribution is -0.384. The predicted octanol–water partition coefficient (Wildman–Crippen LogP) is 4.44. The molecule has 34 heavy (non-hydrogen) atoms. The Hall–Kier alpha value is -4.12. The third kappa shape index (κ3) is 6.01. The number of rotatable bonds is 10. The summed E-state index contributed by atoms with van der Waals surface area (Å²) in [4.78, 5) is 10.7. The molecule has 0 spiro atoms. The van der Waals surface area contributed by atoms with Gasteiger partial charge < -0.3 is 9.47 Å². The Morgan fingerprint density at radius 3 is 2.35 bits per heavy atom. The highest BCUT2D eigenvalue weighted by Gasteiger charge is 2.22. The molecule has 178 valence electrons. The number of nitrogens with one attached hydrogen (secondary N) is 2. The first-order valence-corrected chi connectivity index (χ1v) is 11.6. The molecule has 0 aliphatic heterocycles. The van der Waals surface area contributed by atoms with Crippen molar-refractivity contribution in [3.8, 4) is 11.5 Å². The fraction of sp³-hybridized carbons (Fsp3) is 0.174. The van der Waals surface area contributed by atoms with E-state index in [1.165, 1.54) is 25.3 Å². The number of hydrogen-bond donors (Lipinski definition) is 2. The summed E-state index contributed by atoms with van der Waals surface area (Å²) in [7, 11) is -1.11. The quantitative estimate of drug-likeness (QED) is 0.247. The third-order valence-electron chi connectivity index (χ3n) is 4.81. The van der Waals surface area contributed by atoms with Crippen molar-refractivity contribution in [1.29, 1.82) is 0 Å². The number of hydrazone groups is 1. The van der Waals surface area contributed by atoms with Crippen molar-refractivity contribution in [3.63, 3.8) is 0 Å². The Morgan fingerprint density at radius 2 is 1.71 bits per heavy atom. The van der Waals surface area contributed by atoms with E-state index in [0.29, 0.717) is 17.9 Å². The normalized spacial score (nSPS) is 11.6. The highest BCUT2D eigenvalue weighted by atomic mass is 32.2. The zero-order valence-corrected chi connectivity index (χ0v) is 19.6. The fourth-order valence-electron chi connectivity index (χ4n) is 3.09.